The summed E-state index contributed by atoms with van der Waals surface area (Å²) in [4.78, 5) is 21.8. The van der Waals surface area contributed by atoms with Gasteiger partial charge < -0.3 is 9.47 Å². The molecule has 1 aromatic carbocycles. The second kappa shape index (κ2) is 7.13. The van der Waals surface area contributed by atoms with Gasteiger partial charge in [-0.3, -0.25) is 10.1 Å². The first-order valence-electron chi connectivity index (χ1n) is 5.39. The lowest BCUT2D eigenvalue weighted by atomic mass is 10.1. The van der Waals surface area contributed by atoms with E-state index in [1.807, 2.05) is 0 Å². The van der Waals surface area contributed by atoms with E-state index in [1.165, 1.54) is 6.92 Å². The second-order valence-electron chi connectivity index (χ2n) is 3.47. The van der Waals surface area contributed by atoms with Gasteiger partial charge in [0.25, 0.3) is 5.69 Å². The van der Waals surface area contributed by atoms with E-state index < -0.39 is 28.8 Å². The summed E-state index contributed by atoms with van der Waals surface area (Å²) >= 11 is 3.01. The van der Waals surface area contributed by atoms with Crippen molar-refractivity contribution in [3.63, 3.8) is 0 Å². The number of halogens is 3. The van der Waals surface area contributed by atoms with E-state index in [0.29, 0.717) is 0 Å². The Morgan fingerprint density at radius 2 is 2.15 bits per heavy atom. The molecule has 0 heterocycles. The van der Waals surface area contributed by atoms with Gasteiger partial charge in [0.15, 0.2) is 0 Å². The van der Waals surface area contributed by atoms with Crippen molar-refractivity contribution in [1.29, 1.82) is 0 Å². The first-order chi connectivity index (χ1) is 9.40. The van der Waals surface area contributed by atoms with E-state index in [0.717, 1.165) is 12.1 Å². The van der Waals surface area contributed by atoms with Gasteiger partial charge >= 0.3 is 12.6 Å². The highest BCUT2D eigenvalue weighted by Crippen LogP contribution is 2.31. The van der Waals surface area contributed by atoms with E-state index >= 15 is 0 Å². The van der Waals surface area contributed by atoms with E-state index in [2.05, 4.69) is 25.4 Å². The maximum atomic E-state index is 12.3. The predicted octanol–water partition coefficient (Wildman–Crippen LogP) is 3.27. The lowest BCUT2D eigenvalue weighted by Crippen LogP contribution is -2.11. The summed E-state index contributed by atoms with van der Waals surface area (Å²) in [5.74, 6) is -1.29. The first-order valence-corrected chi connectivity index (χ1v) is 6.52. The Balaban J connectivity index is 3.38. The molecule has 1 rings (SSSR count). The maximum Gasteiger partial charge on any atom is 0.387 e. The zero-order valence-electron chi connectivity index (χ0n) is 10.3. The number of carbonyl (C=O) groups is 1. The summed E-state index contributed by atoms with van der Waals surface area (Å²) in [6, 6.07) is 1.89. The molecule has 20 heavy (non-hydrogen) atoms. The Morgan fingerprint density at radius 1 is 1.50 bits per heavy atom. The lowest BCUT2D eigenvalue weighted by Gasteiger charge is -2.11. The molecule has 0 radical (unpaired) electrons. The Bertz CT molecular complexity index is 524. The molecule has 9 heteroatoms. The van der Waals surface area contributed by atoms with Crippen molar-refractivity contribution in [2.24, 2.45) is 0 Å². The zero-order chi connectivity index (χ0) is 15.3. The van der Waals surface area contributed by atoms with Crippen LogP contribution in [-0.4, -0.2) is 24.1 Å². The number of nitrogens with zero attached hydrogens (tertiary/aromatic N) is 1. The highest BCUT2D eigenvalue weighted by atomic mass is 79.9. The Kier molecular flexibility index (Phi) is 5.81. The molecule has 1 aromatic rings. The van der Waals surface area contributed by atoms with Crippen molar-refractivity contribution in [2.75, 3.05) is 6.61 Å². The quantitative estimate of drug-likeness (QED) is 0.339. The number of esters is 1. The molecule has 6 nitrogen and oxygen atoms in total. The van der Waals surface area contributed by atoms with Crippen LogP contribution < -0.4 is 4.74 Å². The third-order valence-electron chi connectivity index (χ3n) is 2.23. The van der Waals surface area contributed by atoms with Crippen LogP contribution in [-0.2, 0) is 10.1 Å². The fourth-order valence-corrected chi connectivity index (χ4v) is 1.88. The number of benzene rings is 1. The summed E-state index contributed by atoms with van der Waals surface area (Å²) in [5.41, 5.74) is -0.832. The molecule has 0 aliphatic rings. The summed E-state index contributed by atoms with van der Waals surface area (Å²) in [6.07, 6.45) is 0. The van der Waals surface area contributed by atoms with Crippen LogP contribution in [0.15, 0.2) is 12.1 Å². The Morgan fingerprint density at radius 3 is 2.60 bits per heavy atom. The standard InChI is InChI=1S/C11H10BrF2NO5/c1-2-19-10(16)7-4-9(20-11(13)14)6(5-12)3-8(7)15(17)18/h3-4,11H,2,5H2,1H3. The number of alkyl halides is 3. The van der Waals surface area contributed by atoms with E-state index in [4.69, 9.17) is 0 Å². The molecule has 0 amide bonds. The molecular weight excluding hydrogens is 344 g/mol. The third kappa shape index (κ3) is 3.86. The number of rotatable bonds is 6. The number of carbonyl (C=O) groups excluding carboxylic acids is 1. The minimum absolute atomic E-state index is 0.00121. The van der Waals surface area contributed by atoms with E-state index in [9.17, 15) is 23.7 Å². The Hall–Kier alpha value is -1.77. The normalized spacial score (nSPS) is 10.4. The van der Waals surface area contributed by atoms with Crippen LogP contribution in [0.4, 0.5) is 14.5 Å². The number of hydrogen-bond donors (Lipinski definition) is 0. The molecule has 0 unspecified atom stereocenters. The molecule has 0 saturated carbocycles. The molecular formula is C11H10BrF2NO5. The highest BCUT2D eigenvalue weighted by Gasteiger charge is 2.25. The molecule has 0 aromatic heterocycles. The van der Waals surface area contributed by atoms with Crippen molar-refractivity contribution in [3.05, 3.63) is 33.4 Å². The van der Waals surface area contributed by atoms with Gasteiger partial charge in [-0.15, -0.1) is 0 Å². The topological polar surface area (TPSA) is 78.7 Å². The fraction of sp³-hybridized carbons (Fsp3) is 0.364. The highest BCUT2D eigenvalue weighted by molar-refractivity contribution is 9.08. The van der Waals surface area contributed by atoms with Gasteiger partial charge in [0.1, 0.15) is 11.3 Å². The SMILES string of the molecule is CCOC(=O)c1cc(OC(F)F)c(CBr)cc1[N+](=O)[O-]. The zero-order valence-corrected chi connectivity index (χ0v) is 11.9. The van der Waals surface area contributed by atoms with Crippen LogP contribution in [0.2, 0.25) is 0 Å². The van der Waals surface area contributed by atoms with Crippen molar-refractivity contribution in [2.45, 2.75) is 18.9 Å². The van der Waals surface area contributed by atoms with Gasteiger partial charge in [0, 0.05) is 23.0 Å². The molecule has 0 aliphatic carbocycles. The molecule has 110 valence electrons. The van der Waals surface area contributed by atoms with Crippen LogP contribution in [0, 0.1) is 10.1 Å². The van der Waals surface area contributed by atoms with Crippen LogP contribution in [0.5, 0.6) is 5.75 Å². The molecule has 0 N–H and O–H groups in total. The van der Waals surface area contributed by atoms with Gasteiger partial charge in [-0.05, 0) is 6.92 Å². The molecule has 0 bridgehead atoms. The summed E-state index contributed by atoms with van der Waals surface area (Å²) in [5, 5.41) is 11.0. The molecule has 0 fully saturated rings. The van der Waals surface area contributed by atoms with Crippen LogP contribution in [0.1, 0.15) is 22.8 Å². The van der Waals surface area contributed by atoms with Crippen molar-refractivity contribution in [3.8, 4) is 5.75 Å². The van der Waals surface area contributed by atoms with E-state index in [-0.39, 0.29) is 23.2 Å². The number of ether oxygens (including phenoxy) is 2. The van der Waals surface area contributed by atoms with Crippen LogP contribution in [0.3, 0.4) is 0 Å². The minimum atomic E-state index is -3.11. The molecule has 0 aliphatic heterocycles. The van der Waals surface area contributed by atoms with Gasteiger partial charge in [-0.25, -0.2) is 4.79 Å². The smallest absolute Gasteiger partial charge is 0.387 e. The monoisotopic (exact) mass is 353 g/mol. The second-order valence-corrected chi connectivity index (χ2v) is 4.03. The average molecular weight is 354 g/mol. The van der Waals surface area contributed by atoms with E-state index in [1.54, 1.807) is 0 Å². The Labute approximate surface area is 120 Å². The van der Waals surface area contributed by atoms with Gasteiger partial charge in [0.2, 0.25) is 0 Å². The van der Waals surface area contributed by atoms with Crippen molar-refractivity contribution in [1.82, 2.24) is 0 Å². The average Bonchev–Trinajstić information content (AvgIpc) is 2.37. The number of nitro groups is 1. The fourth-order valence-electron chi connectivity index (χ4n) is 1.45. The minimum Gasteiger partial charge on any atom is -0.462 e. The lowest BCUT2D eigenvalue weighted by molar-refractivity contribution is -0.385. The predicted molar refractivity (Wildman–Crippen MR) is 68.3 cm³/mol. The van der Waals surface area contributed by atoms with Crippen molar-refractivity contribution >= 4 is 27.6 Å². The van der Waals surface area contributed by atoms with Gasteiger partial charge in [0.05, 0.1) is 11.5 Å². The maximum absolute atomic E-state index is 12.3. The molecule has 0 saturated heterocycles. The number of nitro benzene ring substituents is 1. The van der Waals surface area contributed by atoms with Gasteiger partial charge in [-0.1, -0.05) is 15.9 Å². The van der Waals surface area contributed by atoms with Crippen LogP contribution >= 0.6 is 15.9 Å². The third-order valence-corrected chi connectivity index (χ3v) is 2.83. The van der Waals surface area contributed by atoms with Gasteiger partial charge in [-0.2, -0.15) is 8.78 Å². The summed E-state index contributed by atoms with van der Waals surface area (Å²) < 4.78 is 33.5. The summed E-state index contributed by atoms with van der Waals surface area (Å²) in [6.45, 7) is -1.58. The first kappa shape index (κ1) is 16.3. The number of hydrogen-bond acceptors (Lipinski definition) is 5. The van der Waals surface area contributed by atoms with Crippen molar-refractivity contribution < 1.29 is 28.0 Å². The largest absolute Gasteiger partial charge is 0.462 e. The molecule has 0 spiro atoms. The van der Waals surface area contributed by atoms with Crippen LogP contribution in [0.25, 0.3) is 0 Å². The molecule has 0 atom stereocenters. The summed E-state index contributed by atoms with van der Waals surface area (Å²) in [7, 11) is 0.